The van der Waals surface area contributed by atoms with Crippen LogP contribution < -0.4 is 5.32 Å². The molecule has 1 aliphatic rings. The second kappa shape index (κ2) is 6.46. The minimum absolute atomic E-state index is 0.165. The molecule has 0 spiro atoms. The van der Waals surface area contributed by atoms with Gasteiger partial charge in [0, 0.05) is 16.9 Å². The van der Waals surface area contributed by atoms with Gasteiger partial charge in [0.2, 0.25) is 5.91 Å². The predicted molar refractivity (Wildman–Crippen MR) is 73.1 cm³/mol. The molecular formula is C14H16BrF2NO. The molecule has 0 aromatic heterocycles. The summed E-state index contributed by atoms with van der Waals surface area (Å²) in [4.78, 5) is 12.1. The zero-order valence-corrected chi connectivity index (χ0v) is 12.1. The van der Waals surface area contributed by atoms with Crippen molar-refractivity contribution in [1.29, 1.82) is 0 Å². The highest BCUT2D eigenvalue weighted by atomic mass is 79.9. The normalized spacial score (nSPS) is 22.5. The maximum absolute atomic E-state index is 13.4. The second-order valence-corrected chi connectivity index (χ2v) is 6.06. The highest BCUT2D eigenvalue weighted by molar-refractivity contribution is 9.09. The molecule has 1 amide bonds. The molecule has 2 rings (SSSR count). The highest BCUT2D eigenvalue weighted by Crippen LogP contribution is 2.30. The standard InChI is InChI=1S/C14H16BrF2NO/c15-11-4-1-3-9(11)8-18-14(19)7-10-12(16)5-2-6-13(10)17/h2,5-6,9,11H,1,3-4,7-8H2,(H,18,19). The third kappa shape index (κ3) is 3.75. The molecule has 0 aliphatic heterocycles. The van der Waals surface area contributed by atoms with Crippen molar-refractivity contribution in [1.82, 2.24) is 5.32 Å². The molecule has 5 heteroatoms. The van der Waals surface area contributed by atoms with E-state index in [1.54, 1.807) is 0 Å². The fourth-order valence-electron chi connectivity index (χ4n) is 2.39. The number of carbonyl (C=O) groups is 1. The molecule has 1 saturated carbocycles. The van der Waals surface area contributed by atoms with Crippen molar-refractivity contribution in [2.45, 2.75) is 30.5 Å². The number of amides is 1. The van der Waals surface area contributed by atoms with Crippen LogP contribution in [-0.2, 0) is 11.2 Å². The quantitative estimate of drug-likeness (QED) is 0.843. The number of rotatable bonds is 4. The Bertz CT molecular complexity index is 447. The number of hydrogen-bond donors (Lipinski definition) is 1. The third-order valence-electron chi connectivity index (χ3n) is 3.53. The second-order valence-electron chi connectivity index (χ2n) is 4.89. The Morgan fingerprint density at radius 2 is 2.00 bits per heavy atom. The largest absolute Gasteiger partial charge is 0.355 e. The van der Waals surface area contributed by atoms with Gasteiger partial charge in [-0.1, -0.05) is 28.4 Å². The zero-order valence-electron chi connectivity index (χ0n) is 10.5. The molecule has 2 atom stereocenters. The lowest BCUT2D eigenvalue weighted by molar-refractivity contribution is -0.120. The number of hydrogen-bond acceptors (Lipinski definition) is 1. The molecule has 104 valence electrons. The van der Waals surface area contributed by atoms with E-state index in [0.717, 1.165) is 31.4 Å². The van der Waals surface area contributed by atoms with Gasteiger partial charge in [0.25, 0.3) is 0 Å². The molecule has 2 unspecified atom stereocenters. The molecule has 1 aromatic carbocycles. The maximum atomic E-state index is 13.4. The fourth-order valence-corrected chi connectivity index (χ4v) is 3.17. The van der Waals surface area contributed by atoms with Crippen molar-refractivity contribution >= 4 is 21.8 Å². The summed E-state index contributed by atoms with van der Waals surface area (Å²) >= 11 is 3.57. The van der Waals surface area contributed by atoms with Gasteiger partial charge in [-0.3, -0.25) is 4.79 Å². The smallest absolute Gasteiger partial charge is 0.224 e. The molecule has 0 saturated heterocycles. The van der Waals surface area contributed by atoms with E-state index in [9.17, 15) is 13.6 Å². The Kier molecular flexibility index (Phi) is 4.91. The van der Waals surface area contributed by atoms with E-state index in [2.05, 4.69) is 21.2 Å². The van der Waals surface area contributed by atoms with E-state index in [-0.39, 0.29) is 17.9 Å². The van der Waals surface area contributed by atoms with Crippen LogP contribution in [-0.4, -0.2) is 17.3 Å². The molecule has 0 heterocycles. The Morgan fingerprint density at radius 1 is 1.32 bits per heavy atom. The molecule has 2 nitrogen and oxygen atoms in total. The first-order valence-electron chi connectivity index (χ1n) is 6.41. The molecular weight excluding hydrogens is 316 g/mol. The Hall–Kier alpha value is -0.970. The van der Waals surface area contributed by atoms with Gasteiger partial charge in [0.15, 0.2) is 0 Å². The number of alkyl halides is 1. The number of halogens is 3. The molecule has 1 aliphatic carbocycles. The summed E-state index contributed by atoms with van der Waals surface area (Å²) in [7, 11) is 0. The van der Waals surface area contributed by atoms with Gasteiger partial charge >= 0.3 is 0 Å². The monoisotopic (exact) mass is 331 g/mol. The summed E-state index contributed by atoms with van der Waals surface area (Å²) in [5, 5.41) is 2.76. The Balaban J connectivity index is 1.87. The SMILES string of the molecule is O=C(Cc1c(F)cccc1F)NCC1CCCC1Br. The molecule has 1 aromatic rings. The molecule has 1 fully saturated rings. The third-order valence-corrected chi connectivity index (χ3v) is 4.73. The Labute approximate surface area is 119 Å². The maximum Gasteiger partial charge on any atom is 0.224 e. The first-order chi connectivity index (χ1) is 9.08. The van der Waals surface area contributed by atoms with Gasteiger partial charge in [-0.25, -0.2) is 8.78 Å². The molecule has 0 radical (unpaired) electrons. The first kappa shape index (κ1) is 14.4. The first-order valence-corrected chi connectivity index (χ1v) is 7.33. The van der Waals surface area contributed by atoms with Crippen LogP contribution in [0.2, 0.25) is 0 Å². The summed E-state index contributed by atoms with van der Waals surface area (Å²) < 4.78 is 26.8. The van der Waals surface area contributed by atoms with Gasteiger partial charge in [-0.05, 0) is 30.9 Å². The summed E-state index contributed by atoms with van der Waals surface area (Å²) in [5.41, 5.74) is -0.165. The van der Waals surface area contributed by atoms with Crippen molar-refractivity contribution in [2.75, 3.05) is 6.54 Å². The van der Waals surface area contributed by atoms with Crippen LogP contribution in [0.5, 0.6) is 0 Å². The van der Waals surface area contributed by atoms with Crippen LogP contribution in [0.4, 0.5) is 8.78 Å². The number of carbonyl (C=O) groups excluding carboxylic acids is 1. The summed E-state index contributed by atoms with van der Waals surface area (Å²) in [6.45, 7) is 0.560. The van der Waals surface area contributed by atoms with E-state index < -0.39 is 11.6 Å². The summed E-state index contributed by atoms with van der Waals surface area (Å²) in [5.74, 6) is -1.27. The highest BCUT2D eigenvalue weighted by Gasteiger charge is 2.25. The van der Waals surface area contributed by atoms with Crippen LogP contribution in [0.25, 0.3) is 0 Å². The van der Waals surface area contributed by atoms with Gasteiger partial charge in [0.1, 0.15) is 11.6 Å². The predicted octanol–water partition coefficient (Wildman–Crippen LogP) is 3.19. The van der Waals surface area contributed by atoms with Crippen LogP contribution in [0.1, 0.15) is 24.8 Å². The topological polar surface area (TPSA) is 29.1 Å². The van der Waals surface area contributed by atoms with Crippen molar-refractivity contribution in [2.24, 2.45) is 5.92 Å². The molecule has 19 heavy (non-hydrogen) atoms. The average molecular weight is 332 g/mol. The lowest BCUT2D eigenvalue weighted by Crippen LogP contribution is -2.32. The van der Waals surface area contributed by atoms with Crippen LogP contribution in [0.3, 0.4) is 0 Å². The van der Waals surface area contributed by atoms with E-state index in [1.807, 2.05) is 0 Å². The van der Waals surface area contributed by atoms with Crippen molar-refractivity contribution in [3.05, 3.63) is 35.4 Å². The average Bonchev–Trinajstić information content (AvgIpc) is 2.77. The fraction of sp³-hybridized carbons (Fsp3) is 0.500. The van der Waals surface area contributed by atoms with Gasteiger partial charge < -0.3 is 5.32 Å². The minimum Gasteiger partial charge on any atom is -0.355 e. The van der Waals surface area contributed by atoms with Crippen LogP contribution in [0.15, 0.2) is 18.2 Å². The molecule has 1 N–H and O–H groups in total. The number of nitrogens with one attached hydrogen (secondary N) is 1. The lowest BCUT2D eigenvalue weighted by atomic mass is 10.1. The van der Waals surface area contributed by atoms with Crippen molar-refractivity contribution in [3.63, 3.8) is 0 Å². The summed E-state index contributed by atoms with van der Waals surface area (Å²) in [6.07, 6.45) is 3.09. The minimum atomic E-state index is -0.672. The molecule has 0 bridgehead atoms. The lowest BCUT2D eigenvalue weighted by Gasteiger charge is -2.14. The van der Waals surface area contributed by atoms with Gasteiger partial charge in [0.05, 0.1) is 6.42 Å². The van der Waals surface area contributed by atoms with Crippen LogP contribution in [0, 0.1) is 17.6 Å². The van der Waals surface area contributed by atoms with E-state index in [4.69, 9.17) is 0 Å². The van der Waals surface area contributed by atoms with E-state index in [0.29, 0.717) is 17.3 Å². The Morgan fingerprint density at radius 3 is 2.58 bits per heavy atom. The number of benzene rings is 1. The van der Waals surface area contributed by atoms with E-state index in [1.165, 1.54) is 6.07 Å². The van der Waals surface area contributed by atoms with Gasteiger partial charge in [-0.15, -0.1) is 0 Å². The van der Waals surface area contributed by atoms with Crippen molar-refractivity contribution in [3.8, 4) is 0 Å². The van der Waals surface area contributed by atoms with Gasteiger partial charge in [-0.2, -0.15) is 0 Å². The zero-order chi connectivity index (χ0) is 13.8. The van der Waals surface area contributed by atoms with Crippen molar-refractivity contribution < 1.29 is 13.6 Å². The van der Waals surface area contributed by atoms with Crippen LogP contribution >= 0.6 is 15.9 Å². The van der Waals surface area contributed by atoms with E-state index >= 15 is 0 Å². The summed E-state index contributed by atoms with van der Waals surface area (Å²) in [6, 6.07) is 3.62.